The fourth-order valence-electron chi connectivity index (χ4n) is 2.45. The van der Waals surface area contributed by atoms with Crippen molar-refractivity contribution in [3.05, 3.63) is 0 Å². The lowest BCUT2D eigenvalue weighted by molar-refractivity contribution is -0.148. The fraction of sp³-hybridized carbons (Fsp3) is 0.917. The molecule has 5 heteroatoms. The number of piperazine rings is 1. The van der Waals surface area contributed by atoms with Gasteiger partial charge in [0.15, 0.2) is 0 Å². The Morgan fingerprint density at radius 2 is 2.00 bits per heavy atom. The van der Waals surface area contributed by atoms with E-state index in [0.717, 1.165) is 58.6 Å². The summed E-state index contributed by atoms with van der Waals surface area (Å²) >= 11 is 5.71. The minimum Gasteiger partial charge on any atom is -0.368 e. The van der Waals surface area contributed by atoms with Gasteiger partial charge in [-0.15, -0.1) is 11.6 Å². The van der Waals surface area contributed by atoms with Gasteiger partial charge in [-0.1, -0.05) is 0 Å². The van der Waals surface area contributed by atoms with Crippen molar-refractivity contribution >= 4 is 17.5 Å². The monoisotopic (exact) mass is 260 g/mol. The van der Waals surface area contributed by atoms with E-state index in [1.54, 1.807) is 0 Å². The number of hydrogen-bond acceptors (Lipinski definition) is 3. The van der Waals surface area contributed by atoms with Gasteiger partial charge in [0.1, 0.15) is 6.10 Å². The van der Waals surface area contributed by atoms with Crippen molar-refractivity contribution < 1.29 is 9.53 Å². The number of rotatable bonds is 3. The first-order chi connectivity index (χ1) is 8.31. The maximum atomic E-state index is 12.2. The quantitative estimate of drug-likeness (QED) is 0.708. The summed E-state index contributed by atoms with van der Waals surface area (Å²) in [5, 5.41) is 0. The molecule has 17 heavy (non-hydrogen) atoms. The molecule has 0 bridgehead atoms. The highest BCUT2D eigenvalue weighted by Gasteiger charge is 2.28. The third-order valence-electron chi connectivity index (χ3n) is 3.54. The molecule has 2 aliphatic rings. The van der Waals surface area contributed by atoms with Crippen LogP contribution < -0.4 is 0 Å². The summed E-state index contributed by atoms with van der Waals surface area (Å²) < 4.78 is 5.54. The van der Waals surface area contributed by atoms with Crippen LogP contribution in [-0.2, 0) is 9.53 Å². The van der Waals surface area contributed by atoms with Crippen molar-refractivity contribution in [1.82, 2.24) is 9.80 Å². The Hall–Kier alpha value is -0.320. The molecule has 1 unspecified atom stereocenters. The molecule has 0 spiro atoms. The Bertz CT molecular complexity index is 249. The van der Waals surface area contributed by atoms with Crippen LogP contribution in [0.5, 0.6) is 0 Å². The molecule has 2 rings (SSSR count). The Kier molecular flexibility index (Phi) is 5.07. The summed E-state index contributed by atoms with van der Waals surface area (Å²) in [6, 6.07) is 0. The Morgan fingerprint density at radius 3 is 2.59 bits per heavy atom. The highest BCUT2D eigenvalue weighted by molar-refractivity contribution is 6.18. The molecule has 0 aromatic carbocycles. The fourth-order valence-corrected chi connectivity index (χ4v) is 2.69. The zero-order valence-electron chi connectivity index (χ0n) is 10.2. The molecular formula is C12H21ClN2O2. The third-order valence-corrected chi connectivity index (χ3v) is 3.71. The Morgan fingerprint density at radius 1 is 1.24 bits per heavy atom. The number of hydrogen-bond donors (Lipinski definition) is 0. The van der Waals surface area contributed by atoms with Crippen LogP contribution in [0.1, 0.15) is 19.3 Å². The molecule has 0 N–H and O–H groups in total. The van der Waals surface area contributed by atoms with Crippen molar-refractivity contribution in [3.63, 3.8) is 0 Å². The van der Waals surface area contributed by atoms with Crippen LogP contribution >= 0.6 is 11.6 Å². The minimum atomic E-state index is -0.177. The lowest BCUT2D eigenvalue weighted by Gasteiger charge is -2.36. The molecule has 2 heterocycles. The van der Waals surface area contributed by atoms with Gasteiger partial charge in [0.25, 0.3) is 5.91 Å². The second-order valence-electron chi connectivity index (χ2n) is 4.71. The lowest BCUT2D eigenvalue weighted by Crippen LogP contribution is -2.52. The molecular weight excluding hydrogens is 240 g/mol. The van der Waals surface area contributed by atoms with Crippen LogP contribution in [-0.4, -0.2) is 67.0 Å². The Balaban J connectivity index is 1.77. The largest absolute Gasteiger partial charge is 0.368 e. The first kappa shape index (κ1) is 13.1. The van der Waals surface area contributed by atoms with Crippen LogP contribution in [0.4, 0.5) is 0 Å². The zero-order chi connectivity index (χ0) is 12.1. The summed E-state index contributed by atoms with van der Waals surface area (Å²) in [4.78, 5) is 16.4. The summed E-state index contributed by atoms with van der Waals surface area (Å²) in [5.74, 6) is 0.856. The van der Waals surface area contributed by atoms with Gasteiger partial charge in [-0.25, -0.2) is 0 Å². The average molecular weight is 261 g/mol. The number of halogens is 1. The molecule has 0 aromatic rings. The van der Waals surface area contributed by atoms with Crippen molar-refractivity contribution in [2.45, 2.75) is 25.4 Å². The molecule has 1 atom stereocenters. The van der Waals surface area contributed by atoms with E-state index in [1.807, 2.05) is 4.90 Å². The molecule has 0 aliphatic carbocycles. The molecule has 0 saturated carbocycles. The van der Waals surface area contributed by atoms with E-state index < -0.39 is 0 Å². The van der Waals surface area contributed by atoms with Crippen molar-refractivity contribution in [1.29, 1.82) is 0 Å². The van der Waals surface area contributed by atoms with E-state index in [-0.39, 0.29) is 12.0 Å². The topological polar surface area (TPSA) is 32.8 Å². The minimum absolute atomic E-state index is 0.177. The first-order valence-electron chi connectivity index (χ1n) is 6.50. The van der Waals surface area contributed by atoms with Gasteiger partial charge in [0, 0.05) is 45.2 Å². The van der Waals surface area contributed by atoms with Gasteiger partial charge in [-0.3, -0.25) is 9.69 Å². The molecule has 1 amide bonds. The van der Waals surface area contributed by atoms with E-state index in [4.69, 9.17) is 16.3 Å². The normalized spacial score (nSPS) is 27.1. The van der Waals surface area contributed by atoms with Crippen LogP contribution in [0, 0.1) is 0 Å². The Labute approximate surface area is 108 Å². The highest BCUT2D eigenvalue weighted by atomic mass is 35.5. The number of carbonyl (C=O) groups is 1. The molecule has 2 fully saturated rings. The SMILES string of the molecule is O=C(C1CCCCO1)N1CCN(CCCl)CC1. The summed E-state index contributed by atoms with van der Waals surface area (Å²) in [7, 11) is 0. The number of nitrogens with zero attached hydrogens (tertiary/aromatic N) is 2. The van der Waals surface area contributed by atoms with E-state index in [1.165, 1.54) is 0 Å². The molecule has 2 saturated heterocycles. The van der Waals surface area contributed by atoms with Gasteiger partial charge in [0.05, 0.1) is 0 Å². The van der Waals surface area contributed by atoms with Crippen LogP contribution in [0.3, 0.4) is 0 Å². The van der Waals surface area contributed by atoms with Crippen molar-refractivity contribution in [2.24, 2.45) is 0 Å². The van der Waals surface area contributed by atoms with E-state index in [2.05, 4.69) is 4.90 Å². The average Bonchev–Trinajstić information content (AvgIpc) is 2.40. The van der Waals surface area contributed by atoms with Crippen molar-refractivity contribution in [2.75, 3.05) is 45.2 Å². The van der Waals surface area contributed by atoms with Gasteiger partial charge in [-0.05, 0) is 19.3 Å². The van der Waals surface area contributed by atoms with Gasteiger partial charge in [0.2, 0.25) is 0 Å². The number of ether oxygens (including phenoxy) is 1. The lowest BCUT2D eigenvalue weighted by atomic mass is 10.1. The zero-order valence-corrected chi connectivity index (χ0v) is 11.0. The molecule has 98 valence electrons. The second-order valence-corrected chi connectivity index (χ2v) is 5.09. The molecule has 0 aromatic heterocycles. The van der Waals surface area contributed by atoms with Gasteiger partial charge < -0.3 is 9.64 Å². The smallest absolute Gasteiger partial charge is 0.251 e. The molecule has 2 aliphatic heterocycles. The predicted molar refractivity (Wildman–Crippen MR) is 67.3 cm³/mol. The third kappa shape index (κ3) is 3.57. The predicted octanol–water partition coefficient (Wildman–Crippen LogP) is 0.938. The second kappa shape index (κ2) is 6.57. The standard InChI is InChI=1S/C12H21ClN2O2/c13-4-5-14-6-8-15(9-7-14)12(16)11-3-1-2-10-17-11/h11H,1-10H2. The summed E-state index contributed by atoms with van der Waals surface area (Å²) in [5.41, 5.74) is 0. The maximum absolute atomic E-state index is 12.2. The first-order valence-corrected chi connectivity index (χ1v) is 7.03. The van der Waals surface area contributed by atoms with Crippen LogP contribution in [0.15, 0.2) is 0 Å². The van der Waals surface area contributed by atoms with E-state index >= 15 is 0 Å². The molecule has 4 nitrogen and oxygen atoms in total. The molecule has 0 radical (unpaired) electrons. The van der Waals surface area contributed by atoms with Gasteiger partial charge in [-0.2, -0.15) is 0 Å². The van der Waals surface area contributed by atoms with Gasteiger partial charge >= 0.3 is 0 Å². The van der Waals surface area contributed by atoms with Crippen LogP contribution in [0.2, 0.25) is 0 Å². The number of carbonyl (C=O) groups excluding carboxylic acids is 1. The number of amides is 1. The van der Waals surface area contributed by atoms with Crippen LogP contribution in [0.25, 0.3) is 0 Å². The summed E-state index contributed by atoms with van der Waals surface area (Å²) in [6.45, 7) is 5.16. The van der Waals surface area contributed by atoms with E-state index in [0.29, 0.717) is 5.88 Å². The van der Waals surface area contributed by atoms with Crippen molar-refractivity contribution in [3.8, 4) is 0 Å². The maximum Gasteiger partial charge on any atom is 0.251 e. The highest BCUT2D eigenvalue weighted by Crippen LogP contribution is 2.16. The summed E-state index contributed by atoms with van der Waals surface area (Å²) in [6.07, 6.45) is 2.92. The number of alkyl halides is 1. The van der Waals surface area contributed by atoms with E-state index in [9.17, 15) is 4.79 Å².